The van der Waals surface area contributed by atoms with Crippen molar-refractivity contribution in [2.24, 2.45) is 0 Å². The Bertz CT molecular complexity index is 342. The molecule has 4 heteroatoms. The molecule has 0 aliphatic heterocycles. The van der Waals surface area contributed by atoms with Crippen LogP contribution in [0.1, 0.15) is 43.0 Å². The van der Waals surface area contributed by atoms with Crippen LogP contribution in [0.15, 0.2) is 18.5 Å². The standard InChI is InChI=1S/C12H16ClNO2/c1-2-3-4-5-8-16-12(15)10-9-14-7-6-11(10)13/h6-7,9H,2-5,8H2,1H3. The fourth-order valence-corrected chi connectivity index (χ4v) is 1.48. The van der Waals surface area contributed by atoms with Crippen molar-refractivity contribution >= 4 is 17.6 Å². The SMILES string of the molecule is CCCCCCOC(=O)c1cnccc1Cl. The monoisotopic (exact) mass is 241 g/mol. The minimum Gasteiger partial charge on any atom is -0.462 e. The van der Waals surface area contributed by atoms with Crippen LogP contribution in [0, 0.1) is 0 Å². The third-order valence-electron chi connectivity index (χ3n) is 2.22. The summed E-state index contributed by atoms with van der Waals surface area (Å²) in [6, 6.07) is 1.58. The molecular formula is C12H16ClNO2. The normalized spacial score (nSPS) is 10.1. The number of carbonyl (C=O) groups is 1. The molecule has 0 saturated heterocycles. The fourth-order valence-electron chi connectivity index (χ4n) is 1.30. The van der Waals surface area contributed by atoms with Crippen LogP contribution in [-0.2, 0) is 4.74 Å². The molecule has 16 heavy (non-hydrogen) atoms. The Morgan fingerprint density at radius 1 is 1.44 bits per heavy atom. The number of hydrogen-bond donors (Lipinski definition) is 0. The third kappa shape index (κ3) is 4.19. The van der Waals surface area contributed by atoms with E-state index in [-0.39, 0.29) is 0 Å². The van der Waals surface area contributed by atoms with Crippen LogP contribution in [0.5, 0.6) is 0 Å². The summed E-state index contributed by atoms with van der Waals surface area (Å²) in [5.74, 6) is -0.394. The average Bonchev–Trinajstić information content (AvgIpc) is 2.29. The first kappa shape index (κ1) is 13.0. The van der Waals surface area contributed by atoms with Crippen LogP contribution < -0.4 is 0 Å². The summed E-state index contributed by atoms with van der Waals surface area (Å²) >= 11 is 5.84. The van der Waals surface area contributed by atoms with E-state index in [0.717, 1.165) is 12.8 Å². The largest absolute Gasteiger partial charge is 0.462 e. The molecule has 0 aliphatic carbocycles. The molecule has 0 radical (unpaired) electrons. The maximum Gasteiger partial charge on any atom is 0.341 e. The second-order valence-electron chi connectivity index (χ2n) is 3.55. The van der Waals surface area contributed by atoms with Crippen molar-refractivity contribution in [1.29, 1.82) is 0 Å². The zero-order chi connectivity index (χ0) is 11.8. The minimum atomic E-state index is -0.394. The Morgan fingerprint density at radius 2 is 2.25 bits per heavy atom. The molecular weight excluding hydrogens is 226 g/mol. The van der Waals surface area contributed by atoms with Crippen LogP contribution in [0.3, 0.4) is 0 Å². The van der Waals surface area contributed by atoms with Crippen molar-refractivity contribution in [2.75, 3.05) is 6.61 Å². The molecule has 1 aromatic rings. The van der Waals surface area contributed by atoms with E-state index in [1.807, 2.05) is 0 Å². The predicted molar refractivity (Wildman–Crippen MR) is 63.7 cm³/mol. The van der Waals surface area contributed by atoms with Gasteiger partial charge in [-0.2, -0.15) is 0 Å². The molecule has 1 rings (SSSR count). The lowest BCUT2D eigenvalue weighted by Gasteiger charge is -2.05. The number of hydrogen-bond acceptors (Lipinski definition) is 3. The van der Waals surface area contributed by atoms with E-state index in [1.54, 1.807) is 12.3 Å². The van der Waals surface area contributed by atoms with Gasteiger partial charge in [0.25, 0.3) is 0 Å². The highest BCUT2D eigenvalue weighted by molar-refractivity contribution is 6.33. The van der Waals surface area contributed by atoms with Crippen LogP contribution in [-0.4, -0.2) is 17.6 Å². The van der Waals surface area contributed by atoms with Gasteiger partial charge in [0.05, 0.1) is 17.2 Å². The summed E-state index contributed by atoms with van der Waals surface area (Å²) in [7, 11) is 0. The molecule has 0 atom stereocenters. The zero-order valence-electron chi connectivity index (χ0n) is 9.41. The van der Waals surface area contributed by atoms with E-state index < -0.39 is 5.97 Å². The van der Waals surface area contributed by atoms with E-state index in [0.29, 0.717) is 17.2 Å². The Labute approximate surface area is 101 Å². The summed E-state index contributed by atoms with van der Waals surface area (Å²) in [6.45, 7) is 2.59. The van der Waals surface area contributed by atoms with Crippen molar-refractivity contribution < 1.29 is 9.53 Å². The van der Waals surface area contributed by atoms with Gasteiger partial charge >= 0.3 is 5.97 Å². The molecule has 0 aromatic carbocycles. The molecule has 0 spiro atoms. The first-order valence-electron chi connectivity index (χ1n) is 5.52. The number of pyridine rings is 1. The second-order valence-corrected chi connectivity index (χ2v) is 3.96. The minimum absolute atomic E-state index is 0.333. The summed E-state index contributed by atoms with van der Waals surface area (Å²) in [5, 5.41) is 0.383. The maximum absolute atomic E-state index is 11.6. The lowest BCUT2D eigenvalue weighted by Crippen LogP contribution is -2.07. The molecule has 88 valence electrons. The maximum atomic E-state index is 11.6. The fraction of sp³-hybridized carbons (Fsp3) is 0.500. The van der Waals surface area contributed by atoms with Crippen LogP contribution in [0.2, 0.25) is 5.02 Å². The lowest BCUT2D eigenvalue weighted by atomic mass is 10.2. The number of esters is 1. The molecule has 0 amide bonds. The first-order valence-corrected chi connectivity index (χ1v) is 5.90. The molecule has 0 aliphatic rings. The van der Waals surface area contributed by atoms with Crippen molar-refractivity contribution in [3.05, 3.63) is 29.0 Å². The Kier molecular flexibility index (Phi) is 5.86. The van der Waals surface area contributed by atoms with Gasteiger partial charge < -0.3 is 4.74 Å². The van der Waals surface area contributed by atoms with Crippen molar-refractivity contribution in [2.45, 2.75) is 32.6 Å². The lowest BCUT2D eigenvalue weighted by molar-refractivity contribution is 0.0497. The highest BCUT2D eigenvalue weighted by Crippen LogP contribution is 2.14. The quantitative estimate of drug-likeness (QED) is 0.566. The Balaban J connectivity index is 2.33. The number of ether oxygens (including phenoxy) is 1. The third-order valence-corrected chi connectivity index (χ3v) is 2.55. The second kappa shape index (κ2) is 7.23. The summed E-state index contributed by atoms with van der Waals surface area (Å²) in [6.07, 6.45) is 7.30. The van der Waals surface area contributed by atoms with Gasteiger partial charge in [0.15, 0.2) is 0 Å². The van der Waals surface area contributed by atoms with E-state index >= 15 is 0 Å². The molecule has 0 N–H and O–H groups in total. The molecule has 3 nitrogen and oxygen atoms in total. The molecule has 0 saturated carbocycles. The van der Waals surface area contributed by atoms with E-state index in [4.69, 9.17) is 16.3 Å². The average molecular weight is 242 g/mol. The highest BCUT2D eigenvalue weighted by Gasteiger charge is 2.10. The number of nitrogens with zero attached hydrogens (tertiary/aromatic N) is 1. The van der Waals surface area contributed by atoms with Crippen LogP contribution in [0.4, 0.5) is 0 Å². The smallest absolute Gasteiger partial charge is 0.341 e. The van der Waals surface area contributed by atoms with Gasteiger partial charge in [-0.05, 0) is 12.5 Å². The molecule has 0 fully saturated rings. The number of unbranched alkanes of at least 4 members (excludes halogenated alkanes) is 3. The van der Waals surface area contributed by atoms with Crippen molar-refractivity contribution in [1.82, 2.24) is 4.98 Å². The number of aromatic nitrogens is 1. The van der Waals surface area contributed by atoms with E-state index in [2.05, 4.69) is 11.9 Å². The summed E-state index contributed by atoms with van der Waals surface area (Å²) < 4.78 is 5.09. The predicted octanol–water partition coefficient (Wildman–Crippen LogP) is 3.47. The van der Waals surface area contributed by atoms with Gasteiger partial charge in [-0.3, -0.25) is 4.98 Å². The van der Waals surface area contributed by atoms with E-state index in [1.165, 1.54) is 19.0 Å². The molecule has 0 bridgehead atoms. The number of halogens is 1. The summed E-state index contributed by atoms with van der Waals surface area (Å²) in [5.41, 5.74) is 0.333. The van der Waals surface area contributed by atoms with Gasteiger partial charge in [-0.1, -0.05) is 37.8 Å². The van der Waals surface area contributed by atoms with Gasteiger partial charge in [-0.15, -0.1) is 0 Å². The molecule has 1 heterocycles. The Hall–Kier alpha value is -1.09. The number of carbonyl (C=O) groups excluding carboxylic acids is 1. The van der Waals surface area contributed by atoms with Crippen molar-refractivity contribution in [3.8, 4) is 0 Å². The van der Waals surface area contributed by atoms with Gasteiger partial charge in [0, 0.05) is 12.4 Å². The van der Waals surface area contributed by atoms with Gasteiger partial charge in [0.2, 0.25) is 0 Å². The molecule has 0 unspecified atom stereocenters. The van der Waals surface area contributed by atoms with Crippen LogP contribution >= 0.6 is 11.6 Å². The zero-order valence-corrected chi connectivity index (χ0v) is 10.2. The summed E-state index contributed by atoms with van der Waals surface area (Å²) in [4.78, 5) is 15.4. The topological polar surface area (TPSA) is 39.2 Å². The van der Waals surface area contributed by atoms with E-state index in [9.17, 15) is 4.79 Å². The van der Waals surface area contributed by atoms with Gasteiger partial charge in [0.1, 0.15) is 0 Å². The molecule has 1 aromatic heterocycles. The highest BCUT2D eigenvalue weighted by atomic mass is 35.5. The van der Waals surface area contributed by atoms with Crippen LogP contribution in [0.25, 0.3) is 0 Å². The Morgan fingerprint density at radius 3 is 2.94 bits per heavy atom. The number of rotatable bonds is 6. The van der Waals surface area contributed by atoms with Crippen molar-refractivity contribution in [3.63, 3.8) is 0 Å². The first-order chi connectivity index (χ1) is 7.75. The van der Waals surface area contributed by atoms with Gasteiger partial charge in [-0.25, -0.2) is 4.79 Å².